The molecule has 1 aromatic rings. The van der Waals surface area contributed by atoms with Crippen molar-refractivity contribution in [1.82, 2.24) is 20.2 Å². The molecule has 21 heavy (non-hydrogen) atoms. The number of H-pyrrole nitrogens is 1. The van der Waals surface area contributed by atoms with E-state index >= 15 is 0 Å². The van der Waals surface area contributed by atoms with E-state index in [0.29, 0.717) is 38.2 Å². The molecule has 0 amide bonds. The van der Waals surface area contributed by atoms with Gasteiger partial charge in [-0.3, -0.25) is 5.10 Å². The summed E-state index contributed by atoms with van der Waals surface area (Å²) in [4.78, 5) is 0. The molecule has 1 aliphatic heterocycles. The molecule has 0 atom stereocenters. The van der Waals surface area contributed by atoms with Crippen molar-refractivity contribution in [3.63, 3.8) is 0 Å². The molecule has 0 aromatic carbocycles. The van der Waals surface area contributed by atoms with Gasteiger partial charge in [-0.1, -0.05) is 6.92 Å². The second kappa shape index (κ2) is 7.35. The second-order valence-corrected chi connectivity index (χ2v) is 6.95. The lowest BCUT2D eigenvalue weighted by atomic mass is 10.1. The molecule has 0 aliphatic carbocycles. The molecule has 1 saturated heterocycles. The Morgan fingerprint density at radius 1 is 1.38 bits per heavy atom. The summed E-state index contributed by atoms with van der Waals surface area (Å²) in [6.07, 6.45) is 2.40. The summed E-state index contributed by atoms with van der Waals surface area (Å²) < 4.78 is 33.0. The molecule has 1 aliphatic rings. The largest absolute Gasteiger partial charge is 0.381 e. The van der Waals surface area contributed by atoms with Crippen LogP contribution in [0.3, 0.4) is 0 Å². The molecule has 0 bridgehead atoms. The molecule has 120 valence electrons. The third-order valence-corrected chi connectivity index (χ3v) is 5.05. The van der Waals surface area contributed by atoms with Gasteiger partial charge >= 0.3 is 0 Å². The molecule has 0 spiro atoms. The van der Waals surface area contributed by atoms with E-state index in [-0.39, 0.29) is 11.1 Å². The molecule has 1 fully saturated rings. The summed E-state index contributed by atoms with van der Waals surface area (Å²) in [5, 5.41) is 10.1. The van der Waals surface area contributed by atoms with Crippen LogP contribution in [0, 0.1) is 6.92 Å². The van der Waals surface area contributed by atoms with Gasteiger partial charge in [0, 0.05) is 37.1 Å². The van der Waals surface area contributed by atoms with Crippen LogP contribution in [0.4, 0.5) is 0 Å². The highest BCUT2D eigenvalue weighted by atomic mass is 32.2. The van der Waals surface area contributed by atoms with E-state index < -0.39 is 10.0 Å². The molecule has 7 nitrogen and oxygen atoms in total. The monoisotopic (exact) mass is 316 g/mol. The summed E-state index contributed by atoms with van der Waals surface area (Å²) in [7, 11) is -3.59. The summed E-state index contributed by atoms with van der Waals surface area (Å²) >= 11 is 0. The molecule has 0 saturated carbocycles. The summed E-state index contributed by atoms with van der Waals surface area (Å²) in [5.74, 6) is 0. The van der Waals surface area contributed by atoms with Crippen molar-refractivity contribution in [1.29, 1.82) is 0 Å². The predicted molar refractivity (Wildman–Crippen MR) is 79.5 cm³/mol. The number of aromatic amines is 1. The van der Waals surface area contributed by atoms with E-state index in [0.717, 1.165) is 18.7 Å². The van der Waals surface area contributed by atoms with Crippen LogP contribution in [0.1, 0.15) is 37.4 Å². The standard InChI is InChI=1S/C13H24N4O3S/c1-3-6-14-9-12-10(2)15-16-13(12)21(18,19)17-11-4-7-20-8-5-11/h11,14,17H,3-9H2,1-2H3,(H,15,16). The third-order valence-electron chi connectivity index (χ3n) is 3.56. The zero-order chi connectivity index (χ0) is 15.3. The molecular weight excluding hydrogens is 292 g/mol. The van der Waals surface area contributed by atoms with Gasteiger partial charge in [0.05, 0.1) is 0 Å². The van der Waals surface area contributed by atoms with E-state index in [2.05, 4.69) is 27.2 Å². The zero-order valence-electron chi connectivity index (χ0n) is 12.6. The van der Waals surface area contributed by atoms with Crippen LogP contribution in [0.25, 0.3) is 0 Å². The Morgan fingerprint density at radius 2 is 2.10 bits per heavy atom. The van der Waals surface area contributed by atoms with Crippen LogP contribution in [-0.2, 0) is 21.3 Å². The fourth-order valence-corrected chi connectivity index (χ4v) is 3.84. The van der Waals surface area contributed by atoms with Gasteiger partial charge in [-0.25, -0.2) is 13.1 Å². The highest BCUT2D eigenvalue weighted by Crippen LogP contribution is 2.18. The average Bonchev–Trinajstić information content (AvgIpc) is 2.82. The van der Waals surface area contributed by atoms with E-state index in [1.807, 2.05) is 6.92 Å². The van der Waals surface area contributed by atoms with Crippen LogP contribution in [0.15, 0.2) is 5.03 Å². The van der Waals surface area contributed by atoms with E-state index in [9.17, 15) is 8.42 Å². The Balaban J connectivity index is 2.11. The fraction of sp³-hybridized carbons (Fsp3) is 0.769. The van der Waals surface area contributed by atoms with Crippen LogP contribution in [-0.4, -0.2) is 44.4 Å². The lowest BCUT2D eigenvalue weighted by Gasteiger charge is -2.22. The van der Waals surface area contributed by atoms with E-state index in [1.54, 1.807) is 0 Å². The lowest BCUT2D eigenvalue weighted by molar-refractivity contribution is 0.0832. The topological polar surface area (TPSA) is 96.1 Å². The fourth-order valence-electron chi connectivity index (χ4n) is 2.34. The van der Waals surface area contributed by atoms with Gasteiger partial charge in [-0.15, -0.1) is 0 Å². The Morgan fingerprint density at radius 3 is 2.76 bits per heavy atom. The van der Waals surface area contributed by atoms with Crippen LogP contribution in [0.5, 0.6) is 0 Å². The van der Waals surface area contributed by atoms with Gasteiger partial charge in [0.15, 0.2) is 5.03 Å². The van der Waals surface area contributed by atoms with Crippen molar-refractivity contribution < 1.29 is 13.2 Å². The van der Waals surface area contributed by atoms with Crippen molar-refractivity contribution in [2.75, 3.05) is 19.8 Å². The number of aromatic nitrogens is 2. The number of aryl methyl sites for hydroxylation is 1. The SMILES string of the molecule is CCCNCc1c(S(=O)(=O)NC2CCOCC2)n[nH]c1C. The number of ether oxygens (including phenoxy) is 1. The van der Waals surface area contributed by atoms with Gasteiger partial charge in [0.25, 0.3) is 10.0 Å². The first kappa shape index (κ1) is 16.4. The number of sulfonamides is 1. The zero-order valence-corrected chi connectivity index (χ0v) is 13.4. The minimum absolute atomic E-state index is 0.0720. The molecular formula is C13H24N4O3S. The number of hydrogen-bond donors (Lipinski definition) is 3. The minimum atomic E-state index is -3.59. The van der Waals surface area contributed by atoms with Gasteiger partial charge in [0.2, 0.25) is 0 Å². The average molecular weight is 316 g/mol. The number of nitrogens with one attached hydrogen (secondary N) is 3. The van der Waals surface area contributed by atoms with Crippen LogP contribution >= 0.6 is 0 Å². The lowest BCUT2D eigenvalue weighted by Crippen LogP contribution is -2.39. The first-order valence-electron chi connectivity index (χ1n) is 7.39. The van der Waals surface area contributed by atoms with Gasteiger partial charge in [-0.05, 0) is 32.7 Å². The minimum Gasteiger partial charge on any atom is -0.381 e. The second-order valence-electron chi connectivity index (χ2n) is 5.32. The van der Waals surface area contributed by atoms with Crippen LogP contribution < -0.4 is 10.0 Å². The predicted octanol–water partition coefficient (Wildman–Crippen LogP) is 0.675. The maximum Gasteiger partial charge on any atom is 0.260 e. The van der Waals surface area contributed by atoms with E-state index in [4.69, 9.17) is 4.74 Å². The normalized spacial score (nSPS) is 17.2. The van der Waals surface area contributed by atoms with Gasteiger partial charge in [-0.2, -0.15) is 5.10 Å². The number of rotatable bonds is 7. The molecule has 0 radical (unpaired) electrons. The van der Waals surface area contributed by atoms with Gasteiger partial charge in [0.1, 0.15) is 0 Å². The quantitative estimate of drug-likeness (QED) is 0.643. The van der Waals surface area contributed by atoms with E-state index in [1.165, 1.54) is 0 Å². The maximum atomic E-state index is 12.5. The first-order valence-corrected chi connectivity index (χ1v) is 8.87. The smallest absolute Gasteiger partial charge is 0.260 e. The third kappa shape index (κ3) is 4.26. The van der Waals surface area contributed by atoms with Crippen molar-refractivity contribution in [3.8, 4) is 0 Å². The highest BCUT2D eigenvalue weighted by molar-refractivity contribution is 7.89. The molecule has 3 N–H and O–H groups in total. The maximum absolute atomic E-state index is 12.5. The van der Waals surface area contributed by atoms with Gasteiger partial charge < -0.3 is 10.1 Å². The molecule has 1 aromatic heterocycles. The highest BCUT2D eigenvalue weighted by Gasteiger charge is 2.27. The number of nitrogens with zero attached hydrogens (tertiary/aromatic N) is 1. The first-order chi connectivity index (χ1) is 10.0. The summed E-state index contributed by atoms with van der Waals surface area (Å²) in [6, 6.07) is -0.0720. The Bertz CT molecular complexity index is 550. The van der Waals surface area contributed by atoms with Crippen molar-refractivity contribution >= 4 is 10.0 Å². The molecule has 2 rings (SSSR count). The van der Waals surface area contributed by atoms with Crippen molar-refractivity contribution in [3.05, 3.63) is 11.3 Å². The Labute approximate surface area is 125 Å². The Hall–Kier alpha value is -0.960. The molecule has 2 heterocycles. The number of hydrogen-bond acceptors (Lipinski definition) is 5. The van der Waals surface area contributed by atoms with Crippen LogP contribution in [0.2, 0.25) is 0 Å². The van der Waals surface area contributed by atoms with Crippen molar-refractivity contribution in [2.45, 2.75) is 50.7 Å². The molecule has 0 unspecified atom stereocenters. The summed E-state index contributed by atoms with van der Waals surface area (Å²) in [5.41, 5.74) is 1.49. The molecule has 8 heteroatoms. The Kier molecular flexibility index (Phi) is 5.74. The summed E-state index contributed by atoms with van der Waals surface area (Å²) in [6.45, 7) is 6.44. The van der Waals surface area contributed by atoms with Crippen molar-refractivity contribution in [2.24, 2.45) is 0 Å².